The van der Waals surface area contributed by atoms with Crippen molar-refractivity contribution in [3.05, 3.63) is 36.0 Å². The summed E-state index contributed by atoms with van der Waals surface area (Å²) in [6.07, 6.45) is 1.61. The molecule has 1 aliphatic rings. The second-order valence-electron chi connectivity index (χ2n) is 6.57. The van der Waals surface area contributed by atoms with Crippen LogP contribution in [0.15, 0.2) is 36.0 Å². The van der Waals surface area contributed by atoms with E-state index in [1.165, 1.54) is 20.0 Å². The predicted molar refractivity (Wildman–Crippen MR) is 92.5 cm³/mol. The number of rotatable bonds is 5. The molecule has 7 heteroatoms. The number of cyclic esters (lactones) is 2. The first-order valence-electron chi connectivity index (χ1n) is 8.00. The van der Waals surface area contributed by atoms with Crippen molar-refractivity contribution in [3.8, 4) is 0 Å². The van der Waals surface area contributed by atoms with Crippen LogP contribution in [0.25, 0.3) is 0 Å². The first-order valence-corrected chi connectivity index (χ1v) is 8.00. The smallest absolute Gasteiger partial charge is 0.350 e. The number of para-hydroxylation sites is 2. The monoisotopic (exact) mass is 346 g/mol. The molecule has 2 rings (SSSR count). The van der Waals surface area contributed by atoms with Gasteiger partial charge in [-0.2, -0.15) is 0 Å². The largest absolute Gasteiger partial charge is 0.419 e. The Labute approximate surface area is 146 Å². The maximum atomic E-state index is 12.0. The fourth-order valence-corrected chi connectivity index (χ4v) is 2.22. The zero-order valence-corrected chi connectivity index (χ0v) is 14.7. The van der Waals surface area contributed by atoms with Gasteiger partial charge in [0.15, 0.2) is 5.57 Å². The summed E-state index contributed by atoms with van der Waals surface area (Å²) in [7, 11) is 0. The molecule has 134 valence electrons. The van der Waals surface area contributed by atoms with Crippen molar-refractivity contribution in [1.29, 1.82) is 0 Å². The summed E-state index contributed by atoms with van der Waals surface area (Å²) >= 11 is 0. The van der Waals surface area contributed by atoms with E-state index in [0.29, 0.717) is 17.8 Å². The van der Waals surface area contributed by atoms with Gasteiger partial charge in [0.2, 0.25) is 5.91 Å². The molecular formula is C18H22N2O5. The van der Waals surface area contributed by atoms with Gasteiger partial charge in [-0.15, -0.1) is 0 Å². The van der Waals surface area contributed by atoms with E-state index in [9.17, 15) is 14.4 Å². The zero-order valence-electron chi connectivity index (χ0n) is 14.7. The first kappa shape index (κ1) is 18.5. The van der Waals surface area contributed by atoms with Crippen molar-refractivity contribution in [2.75, 3.05) is 10.6 Å². The normalized spacial score (nSPS) is 16.1. The van der Waals surface area contributed by atoms with Crippen molar-refractivity contribution in [2.24, 2.45) is 5.92 Å². The summed E-state index contributed by atoms with van der Waals surface area (Å²) < 4.78 is 10.0. The SMILES string of the molecule is CC(C)CC(=O)Nc1ccccc1NC=C1C(=O)OC(C)(C)OC1=O. The van der Waals surface area contributed by atoms with Gasteiger partial charge in [-0.25, -0.2) is 9.59 Å². The highest BCUT2D eigenvalue weighted by Crippen LogP contribution is 2.25. The van der Waals surface area contributed by atoms with Gasteiger partial charge in [0.05, 0.1) is 11.4 Å². The fourth-order valence-electron chi connectivity index (χ4n) is 2.22. The average Bonchev–Trinajstić information content (AvgIpc) is 2.45. The van der Waals surface area contributed by atoms with Gasteiger partial charge in [0.25, 0.3) is 5.79 Å². The third kappa shape index (κ3) is 5.07. The Kier molecular flexibility index (Phi) is 5.46. The van der Waals surface area contributed by atoms with Gasteiger partial charge in [-0.3, -0.25) is 4.79 Å². The number of benzene rings is 1. The molecule has 0 atom stereocenters. The molecule has 2 N–H and O–H groups in total. The quantitative estimate of drug-likeness (QED) is 0.484. The molecule has 1 aromatic carbocycles. The number of carbonyl (C=O) groups is 3. The molecule has 7 nitrogen and oxygen atoms in total. The van der Waals surface area contributed by atoms with Gasteiger partial charge < -0.3 is 20.1 Å². The van der Waals surface area contributed by atoms with Crippen LogP contribution in [-0.2, 0) is 23.9 Å². The fraction of sp³-hybridized carbons (Fsp3) is 0.389. The molecular weight excluding hydrogens is 324 g/mol. The maximum absolute atomic E-state index is 12.0. The highest BCUT2D eigenvalue weighted by atomic mass is 16.7. The lowest BCUT2D eigenvalue weighted by molar-refractivity contribution is -0.222. The van der Waals surface area contributed by atoms with E-state index in [-0.39, 0.29) is 17.4 Å². The second-order valence-corrected chi connectivity index (χ2v) is 6.57. The molecule has 1 aliphatic heterocycles. The lowest BCUT2D eigenvalue weighted by Gasteiger charge is -2.29. The summed E-state index contributed by atoms with van der Waals surface area (Å²) in [5, 5.41) is 5.65. The molecule has 0 saturated carbocycles. The van der Waals surface area contributed by atoms with Crippen LogP contribution < -0.4 is 10.6 Å². The Morgan fingerprint density at radius 3 is 2.24 bits per heavy atom. The average molecular weight is 346 g/mol. The molecule has 0 bridgehead atoms. The molecule has 0 unspecified atom stereocenters. The Balaban J connectivity index is 2.14. The minimum atomic E-state index is -1.28. The van der Waals surface area contributed by atoms with E-state index in [4.69, 9.17) is 9.47 Å². The van der Waals surface area contributed by atoms with Gasteiger partial charge >= 0.3 is 11.9 Å². The van der Waals surface area contributed by atoms with Crippen LogP contribution in [0.1, 0.15) is 34.1 Å². The van der Waals surface area contributed by atoms with E-state index >= 15 is 0 Å². The van der Waals surface area contributed by atoms with Crippen molar-refractivity contribution < 1.29 is 23.9 Å². The number of hydrogen-bond acceptors (Lipinski definition) is 6. The van der Waals surface area contributed by atoms with E-state index in [2.05, 4.69) is 10.6 Å². The number of anilines is 2. The van der Waals surface area contributed by atoms with Crippen LogP contribution in [-0.4, -0.2) is 23.6 Å². The van der Waals surface area contributed by atoms with Crippen molar-refractivity contribution in [3.63, 3.8) is 0 Å². The number of esters is 2. The molecule has 0 radical (unpaired) electrons. The first-order chi connectivity index (χ1) is 11.7. The molecule has 1 heterocycles. The van der Waals surface area contributed by atoms with E-state index in [0.717, 1.165) is 0 Å². The molecule has 25 heavy (non-hydrogen) atoms. The minimum absolute atomic E-state index is 0.116. The van der Waals surface area contributed by atoms with E-state index < -0.39 is 17.7 Å². The summed E-state index contributed by atoms with van der Waals surface area (Å²) in [4.78, 5) is 35.8. The maximum Gasteiger partial charge on any atom is 0.350 e. The third-order valence-electron chi connectivity index (χ3n) is 3.28. The number of hydrogen-bond donors (Lipinski definition) is 2. The highest BCUT2D eigenvalue weighted by molar-refractivity contribution is 6.15. The molecule has 1 saturated heterocycles. The topological polar surface area (TPSA) is 93.7 Å². The van der Waals surface area contributed by atoms with Gasteiger partial charge in [0, 0.05) is 26.5 Å². The van der Waals surface area contributed by atoms with Gasteiger partial charge in [-0.1, -0.05) is 26.0 Å². The molecule has 0 aromatic heterocycles. The van der Waals surface area contributed by atoms with E-state index in [1.807, 2.05) is 13.8 Å². The van der Waals surface area contributed by atoms with Crippen LogP contribution >= 0.6 is 0 Å². The van der Waals surface area contributed by atoms with Crippen LogP contribution in [0.2, 0.25) is 0 Å². The summed E-state index contributed by atoms with van der Waals surface area (Å²) in [6, 6.07) is 6.97. The van der Waals surface area contributed by atoms with Crippen molar-refractivity contribution in [2.45, 2.75) is 39.9 Å². The van der Waals surface area contributed by atoms with Crippen LogP contribution in [0.3, 0.4) is 0 Å². The van der Waals surface area contributed by atoms with E-state index in [1.54, 1.807) is 24.3 Å². The Bertz CT molecular complexity index is 700. The number of carbonyl (C=O) groups excluding carboxylic acids is 3. The molecule has 1 amide bonds. The van der Waals surface area contributed by atoms with Crippen LogP contribution in [0, 0.1) is 5.92 Å². The molecule has 1 aromatic rings. The van der Waals surface area contributed by atoms with Crippen molar-refractivity contribution >= 4 is 29.2 Å². The Morgan fingerprint density at radius 1 is 1.12 bits per heavy atom. The van der Waals surface area contributed by atoms with Crippen LogP contribution in [0.5, 0.6) is 0 Å². The van der Waals surface area contributed by atoms with Gasteiger partial charge in [-0.05, 0) is 18.1 Å². The zero-order chi connectivity index (χ0) is 18.6. The lowest BCUT2D eigenvalue weighted by atomic mass is 10.1. The summed E-state index contributed by atoms with van der Waals surface area (Å²) in [5.74, 6) is -2.70. The van der Waals surface area contributed by atoms with Crippen LogP contribution in [0.4, 0.5) is 11.4 Å². The summed E-state index contributed by atoms with van der Waals surface area (Å²) in [5.41, 5.74) is 0.836. The third-order valence-corrected chi connectivity index (χ3v) is 3.28. The minimum Gasteiger partial charge on any atom is -0.419 e. The Hall–Kier alpha value is -2.83. The van der Waals surface area contributed by atoms with Gasteiger partial charge in [0.1, 0.15) is 0 Å². The number of amides is 1. The molecule has 0 aliphatic carbocycles. The summed E-state index contributed by atoms with van der Waals surface area (Å²) in [6.45, 7) is 6.87. The highest BCUT2D eigenvalue weighted by Gasteiger charge is 2.38. The van der Waals surface area contributed by atoms with Crippen molar-refractivity contribution in [1.82, 2.24) is 0 Å². The second kappa shape index (κ2) is 7.38. The standard InChI is InChI=1S/C18H22N2O5/c1-11(2)9-15(21)20-14-8-6-5-7-13(14)19-10-12-16(22)24-18(3,4)25-17(12)23/h5-8,10-11,19H,9H2,1-4H3,(H,20,21). The number of nitrogens with one attached hydrogen (secondary N) is 2. The lowest BCUT2D eigenvalue weighted by Crippen LogP contribution is -2.42. The number of ether oxygens (including phenoxy) is 2. The predicted octanol–water partition coefficient (Wildman–Crippen LogP) is 2.80. The molecule has 1 fully saturated rings. The molecule has 0 spiro atoms. The Morgan fingerprint density at radius 2 is 1.68 bits per heavy atom.